The predicted octanol–water partition coefficient (Wildman–Crippen LogP) is 2.19. The molecule has 1 unspecified atom stereocenters. The molecule has 2 nitrogen and oxygen atoms in total. The fraction of sp³-hybridized carbons (Fsp3) is 1.00. The summed E-state index contributed by atoms with van der Waals surface area (Å²) in [6.07, 6.45) is 3.46. The summed E-state index contributed by atoms with van der Waals surface area (Å²) in [7, 11) is 0. The molecule has 0 radical (unpaired) electrons. The smallest absolute Gasteiger partial charge is 0.0478 e. The third-order valence-corrected chi connectivity index (χ3v) is 1.92. The highest BCUT2D eigenvalue weighted by Crippen LogP contribution is 1.89. The Hall–Kier alpha value is -0.0800. The largest absolute Gasteiger partial charge is 0.381 e. The second-order valence-electron chi connectivity index (χ2n) is 3.23. The number of rotatable bonds is 8. The van der Waals surface area contributed by atoms with Crippen molar-refractivity contribution in [2.45, 2.75) is 46.1 Å². The van der Waals surface area contributed by atoms with E-state index >= 15 is 0 Å². The monoisotopic (exact) mass is 173 g/mol. The van der Waals surface area contributed by atoms with Crippen molar-refractivity contribution in [3.05, 3.63) is 0 Å². The molecule has 0 bridgehead atoms. The van der Waals surface area contributed by atoms with Crippen LogP contribution in [0.15, 0.2) is 0 Å². The molecular formula is C10H23NO. The first kappa shape index (κ1) is 11.9. The quantitative estimate of drug-likeness (QED) is 0.568. The molecule has 0 aromatic rings. The van der Waals surface area contributed by atoms with Gasteiger partial charge >= 0.3 is 0 Å². The van der Waals surface area contributed by atoms with Crippen LogP contribution in [0.4, 0.5) is 0 Å². The second kappa shape index (κ2) is 9.01. The highest BCUT2D eigenvalue weighted by molar-refractivity contribution is 4.56. The van der Waals surface area contributed by atoms with Crippen molar-refractivity contribution in [2.24, 2.45) is 0 Å². The molecule has 1 N–H and O–H groups in total. The summed E-state index contributed by atoms with van der Waals surface area (Å²) in [5.74, 6) is 0. The first-order valence-corrected chi connectivity index (χ1v) is 5.12. The van der Waals surface area contributed by atoms with Crippen molar-refractivity contribution >= 4 is 0 Å². The van der Waals surface area contributed by atoms with E-state index in [2.05, 4.69) is 26.1 Å². The Morgan fingerprint density at radius 2 is 2.00 bits per heavy atom. The van der Waals surface area contributed by atoms with Crippen LogP contribution in [0.25, 0.3) is 0 Å². The molecule has 0 saturated heterocycles. The van der Waals surface area contributed by atoms with E-state index in [1.807, 2.05) is 0 Å². The Labute approximate surface area is 76.7 Å². The minimum atomic E-state index is 0.649. The van der Waals surface area contributed by atoms with E-state index in [-0.39, 0.29) is 0 Å². The molecule has 0 aromatic carbocycles. The molecule has 74 valence electrons. The van der Waals surface area contributed by atoms with Crippen LogP contribution >= 0.6 is 0 Å². The Bertz CT molecular complexity index is 85.9. The number of hydrogen-bond donors (Lipinski definition) is 1. The van der Waals surface area contributed by atoms with Gasteiger partial charge in [-0.05, 0) is 32.7 Å². The van der Waals surface area contributed by atoms with Crippen molar-refractivity contribution in [1.82, 2.24) is 5.32 Å². The van der Waals surface area contributed by atoms with Gasteiger partial charge in [-0.2, -0.15) is 0 Å². The van der Waals surface area contributed by atoms with Gasteiger partial charge in [0.15, 0.2) is 0 Å². The summed E-state index contributed by atoms with van der Waals surface area (Å²) in [5.41, 5.74) is 0. The molecule has 0 fully saturated rings. The van der Waals surface area contributed by atoms with Crippen LogP contribution in [-0.2, 0) is 4.74 Å². The summed E-state index contributed by atoms with van der Waals surface area (Å²) in [4.78, 5) is 0. The van der Waals surface area contributed by atoms with Gasteiger partial charge in [0.1, 0.15) is 0 Å². The summed E-state index contributed by atoms with van der Waals surface area (Å²) in [6.45, 7) is 9.44. The maximum Gasteiger partial charge on any atom is 0.0478 e. The van der Waals surface area contributed by atoms with Crippen LogP contribution in [0.3, 0.4) is 0 Å². The Morgan fingerprint density at radius 1 is 1.25 bits per heavy atom. The zero-order chi connectivity index (χ0) is 9.23. The van der Waals surface area contributed by atoms with E-state index < -0.39 is 0 Å². The van der Waals surface area contributed by atoms with Crippen molar-refractivity contribution in [1.29, 1.82) is 0 Å². The van der Waals surface area contributed by atoms with Crippen molar-refractivity contribution in [3.63, 3.8) is 0 Å². The number of ether oxygens (including phenoxy) is 1. The lowest BCUT2D eigenvalue weighted by atomic mass is 10.2. The lowest BCUT2D eigenvalue weighted by molar-refractivity contribution is 0.131. The molecular weight excluding hydrogens is 150 g/mol. The molecule has 0 aliphatic carbocycles. The maximum absolute atomic E-state index is 5.36. The fourth-order valence-corrected chi connectivity index (χ4v) is 0.913. The summed E-state index contributed by atoms with van der Waals surface area (Å²) < 4.78 is 5.36. The van der Waals surface area contributed by atoms with Crippen molar-refractivity contribution in [3.8, 4) is 0 Å². The van der Waals surface area contributed by atoms with Crippen LogP contribution in [0.5, 0.6) is 0 Å². The van der Waals surface area contributed by atoms with Crippen LogP contribution < -0.4 is 5.32 Å². The average molecular weight is 173 g/mol. The molecule has 0 aliphatic heterocycles. The SMILES string of the molecule is CCCOCCCNC(C)CC. The van der Waals surface area contributed by atoms with Gasteiger partial charge in [-0.15, -0.1) is 0 Å². The molecule has 0 aromatic heterocycles. The van der Waals surface area contributed by atoms with Gasteiger partial charge in [-0.1, -0.05) is 13.8 Å². The number of hydrogen-bond acceptors (Lipinski definition) is 2. The van der Waals surface area contributed by atoms with Crippen LogP contribution in [0.1, 0.15) is 40.0 Å². The third kappa shape index (κ3) is 8.02. The summed E-state index contributed by atoms with van der Waals surface area (Å²) >= 11 is 0. The van der Waals surface area contributed by atoms with Crippen LogP contribution in [0, 0.1) is 0 Å². The van der Waals surface area contributed by atoms with Gasteiger partial charge in [-0.3, -0.25) is 0 Å². The average Bonchev–Trinajstić information content (AvgIpc) is 2.10. The molecule has 2 heteroatoms. The predicted molar refractivity (Wildman–Crippen MR) is 53.5 cm³/mol. The van der Waals surface area contributed by atoms with E-state index in [4.69, 9.17) is 4.74 Å². The lowest BCUT2D eigenvalue weighted by Gasteiger charge is -2.10. The first-order chi connectivity index (χ1) is 5.81. The van der Waals surface area contributed by atoms with Crippen LogP contribution in [-0.4, -0.2) is 25.8 Å². The topological polar surface area (TPSA) is 21.3 Å². The van der Waals surface area contributed by atoms with E-state index in [1.165, 1.54) is 6.42 Å². The van der Waals surface area contributed by atoms with Crippen LogP contribution in [0.2, 0.25) is 0 Å². The molecule has 0 rings (SSSR count). The fourth-order valence-electron chi connectivity index (χ4n) is 0.913. The zero-order valence-electron chi connectivity index (χ0n) is 8.73. The van der Waals surface area contributed by atoms with Gasteiger partial charge in [0, 0.05) is 19.3 Å². The normalized spacial score (nSPS) is 13.2. The zero-order valence-corrected chi connectivity index (χ0v) is 8.73. The van der Waals surface area contributed by atoms with E-state index in [0.29, 0.717) is 6.04 Å². The van der Waals surface area contributed by atoms with Crippen molar-refractivity contribution in [2.75, 3.05) is 19.8 Å². The molecule has 0 saturated carbocycles. The highest BCUT2D eigenvalue weighted by Gasteiger charge is 1.95. The molecule has 12 heavy (non-hydrogen) atoms. The first-order valence-electron chi connectivity index (χ1n) is 5.12. The van der Waals surface area contributed by atoms with Gasteiger partial charge in [0.25, 0.3) is 0 Å². The van der Waals surface area contributed by atoms with E-state index in [9.17, 15) is 0 Å². The summed E-state index contributed by atoms with van der Waals surface area (Å²) in [5, 5.41) is 3.43. The van der Waals surface area contributed by atoms with Gasteiger partial charge in [0.2, 0.25) is 0 Å². The Kier molecular flexibility index (Phi) is 8.95. The molecule has 1 atom stereocenters. The Morgan fingerprint density at radius 3 is 2.58 bits per heavy atom. The second-order valence-corrected chi connectivity index (χ2v) is 3.23. The van der Waals surface area contributed by atoms with Gasteiger partial charge in [0.05, 0.1) is 0 Å². The van der Waals surface area contributed by atoms with E-state index in [0.717, 1.165) is 32.6 Å². The standard InChI is InChI=1S/C10H23NO/c1-4-8-12-9-6-7-11-10(3)5-2/h10-11H,4-9H2,1-3H3. The molecule has 0 aliphatic rings. The summed E-state index contributed by atoms with van der Waals surface area (Å²) in [6, 6.07) is 0.649. The molecule has 0 spiro atoms. The van der Waals surface area contributed by atoms with Gasteiger partial charge < -0.3 is 10.1 Å². The number of nitrogens with one attached hydrogen (secondary N) is 1. The minimum Gasteiger partial charge on any atom is -0.381 e. The Balaban J connectivity index is 2.90. The maximum atomic E-state index is 5.36. The van der Waals surface area contributed by atoms with Gasteiger partial charge in [-0.25, -0.2) is 0 Å². The minimum absolute atomic E-state index is 0.649. The van der Waals surface area contributed by atoms with Crippen molar-refractivity contribution < 1.29 is 4.74 Å². The lowest BCUT2D eigenvalue weighted by Crippen LogP contribution is -2.26. The third-order valence-electron chi connectivity index (χ3n) is 1.92. The highest BCUT2D eigenvalue weighted by atomic mass is 16.5. The molecule has 0 heterocycles. The van der Waals surface area contributed by atoms with E-state index in [1.54, 1.807) is 0 Å². The molecule has 0 amide bonds.